The highest BCUT2D eigenvalue weighted by Gasteiger charge is 2.19. The minimum Gasteiger partial charge on any atom is -0.350 e. The maximum absolute atomic E-state index is 11.8. The van der Waals surface area contributed by atoms with Crippen molar-refractivity contribution in [2.45, 2.75) is 52.1 Å². The van der Waals surface area contributed by atoms with E-state index < -0.39 is 0 Å². The maximum atomic E-state index is 11.8. The molecule has 1 unspecified atom stereocenters. The summed E-state index contributed by atoms with van der Waals surface area (Å²) >= 11 is 1.62. The summed E-state index contributed by atoms with van der Waals surface area (Å²) in [5.41, 5.74) is -0.137. The number of thiazole rings is 1. The molecule has 0 radical (unpaired) electrons. The highest BCUT2D eigenvalue weighted by Crippen LogP contribution is 2.18. The van der Waals surface area contributed by atoms with Crippen molar-refractivity contribution >= 4 is 17.2 Å². The number of nitrogens with one attached hydrogen (secondary N) is 2. The third-order valence-corrected chi connectivity index (χ3v) is 3.92. The van der Waals surface area contributed by atoms with Gasteiger partial charge in [0.05, 0.1) is 12.6 Å². The normalized spacial score (nSPS) is 13.3. The Kier molecular flexibility index (Phi) is 5.75. The Bertz CT molecular complexity index is 362. The smallest absolute Gasteiger partial charge is 0.234 e. The van der Waals surface area contributed by atoms with E-state index in [0.717, 1.165) is 17.8 Å². The standard InChI is InChI=1S/C13H23N3OS/c1-5-10(12-14-7-8-18-12)15-9-11(17)16-13(3,4)6-2/h7-8,10,15H,5-6,9H2,1-4H3,(H,16,17). The molecular weight excluding hydrogens is 246 g/mol. The van der Waals surface area contributed by atoms with Crippen LogP contribution in [0, 0.1) is 0 Å². The quantitative estimate of drug-likeness (QED) is 0.799. The van der Waals surface area contributed by atoms with Gasteiger partial charge in [0.15, 0.2) is 0 Å². The van der Waals surface area contributed by atoms with Gasteiger partial charge in [0, 0.05) is 17.1 Å². The largest absolute Gasteiger partial charge is 0.350 e. The highest BCUT2D eigenvalue weighted by molar-refractivity contribution is 7.09. The van der Waals surface area contributed by atoms with Crippen LogP contribution in [-0.4, -0.2) is 23.0 Å². The van der Waals surface area contributed by atoms with Gasteiger partial charge in [0.1, 0.15) is 5.01 Å². The zero-order chi connectivity index (χ0) is 13.6. The van der Waals surface area contributed by atoms with Gasteiger partial charge in [-0.3, -0.25) is 10.1 Å². The monoisotopic (exact) mass is 269 g/mol. The SMILES string of the molecule is CCC(NCC(=O)NC(C)(C)CC)c1nccs1. The fourth-order valence-corrected chi connectivity index (χ4v) is 2.34. The Morgan fingerprint density at radius 3 is 2.72 bits per heavy atom. The minimum atomic E-state index is -0.137. The molecule has 4 nitrogen and oxygen atoms in total. The van der Waals surface area contributed by atoms with Crippen molar-refractivity contribution in [2.24, 2.45) is 0 Å². The van der Waals surface area contributed by atoms with E-state index >= 15 is 0 Å². The summed E-state index contributed by atoms with van der Waals surface area (Å²) in [4.78, 5) is 16.1. The molecule has 2 N–H and O–H groups in total. The van der Waals surface area contributed by atoms with E-state index in [2.05, 4.69) is 29.5 Å². The molecule has 102 valence electrons. The van der Waals surface area contributed by atoms with E-state index in [-0.39, 0.29) is 17.5 Å². The molecular formula is C13H23N3OS. The van der Waals surface area contributed by atoms with Crippen LogP contribution in [0.4, 0.5) is 0 Å². The predicted molar refractivity (Wildman–Crippen MR) is 75.7 cm³/mol. The number of hydrogen-bond acceptors (Lipinski definition) is 4. The van der Waals surface area contributed by atoms with Crippen LogP contribution < -0.4 is 10.6 Å². The molecule has 0 aliphatic carbocycles. The highest BCUT2D eigenvalue weighted by atomic mass is 32.1. The summed E-state index contributed by atoms with van der Waals surface area (Å²) in [5, 5.41) is 9.27. The second kappa shape index (κ2) is 6.85. The number of hydrogen-bond donors (Lipinski definition) is 2. The number of carbonyl (C=O) groups excluding carboxylic acids is 1. The molecule has 0 spiro atoms. The fraction of sp³-hybridized carbons (Fsp3) is 0.692. The Morgan fingerprint density at radius 2 is 2.22 bits per heavy atom. The number of rotatable bonds is 7. The van der Waals surface area contributed by atoms with Crippen molar-refractivity contribution in [2.75, 3.05) is 6.54 Å². The molecule has 0 fully saturated rings. The third kappa shape index (κ3) is 4.74. The van der Waals surface area contributed by atoms with Gasteiger partial charge >= 0.3 is 0 Å². The second-order valence-corrected chi connectivity index (χ2v) is 5.92. The summed E-state index contributed by atoms with van der Waals surface area (Å²) in [7, 11) is 0. The Balaban J connectivity index is 2.42. The molecule has 1 aromatic rings. The second-order valence-electron chi connectivity index (χ2n) is 5.00. The Labute approximate surface area is 113 Å². The molecule has 18 heavy (non-hydrogen) atoms. The van der Waals surface area contributed by atoms with Crippen molar-refractivity contribution in [3.8, 4) is 0 Å². The number of aromatic nitrogens is 1. The van der Waals surface area contributed by atoms with Crippen molar-refractivity contribution in [1.29, 1.82) is 0 Å². The van der Waals surface area contributed by atoms with Crippen LogP contribution in [0.1, 0.15) is 51.6 Å². The molecule has 1 rings (SSSR count). The van der Waals surface area contributed by atoms with Crippen LogP contribution in [-0.2, 0) is 4.79 Å². The van der Waals surface area contributed by atoms with Crippen LogP contribution in [0.15, 0.2) is 11.6 Å². The lowest BCUT2D eigenvalue weighted by Crippen LogP contribution is -2.46. The fourth-order valence-electron chi connectivity index (χ4n) is 1.54. The lowest BCUT2D eigenvalue weighted by molar-refractivity contribution is -0.122. The van der Waals surface area contributed by atoms with E-state index in [1.165, 1.54) is 0 Å². The van der Waals surface area contributed by atoms with Crippen LogP contribution in [0.25, 0.3) is 0 Å². The zero-order valence-corrected chi connectivity index (χ0v) is 12.4. The molecule has 1 atom stereocenters. The van der Waals surface area contributed by atoms with Gasteiger partial charge < -0.3 is 5.32 Å². The van der Waals surface area contributed by atoms with Crippen LogP contribution >= 0.6 is 11.3 Å². The molecule has 0 aliphatic rings. The Hall–Kier alpha value is -0.940. The van der Waals surface area contributed by atoms with Gasteiger partial charge in [-0.25, -0.2) is 4.98 Å². The first kappa shape index (κ1) is 15.1. The summed E-state index contributed by atoms with van der Waals surface area (Å²) < 4.78 is 0. The van der Waals surface area contributed by atoms with Gasteiger partial charge in [0.25, 0.3) is 0 Å². The maximum Gasteiger partial charge on any atom is 0.234 e. The van der Waals surface area contributed by atoms with Gasteiger partial charge in [0.2, 0.25) is 5.91 Å². The van der Waals surface area contributed by atoms with Crippen molar-refractivity contribution < 1.29 is 4.79 Å². The molecule has 1 heterocycles. The summed E-state index contributed by atoms with van der Waals surface area (Å²) in [6.45, 7) is 8.55. The number of amides is 1. The first-order valence-corrected chi connectivity index (χ1v) is 7.30. The van der Waals surface area contributed by atoms with E-state index in [9.17, 15) is 4.79 Å². The average Bonchev–Trinajstić information content (AvgIpc) is 2.83. The first-order chi connectivity index (χ1) is 8.48. The van der Waals surface area contributed by atoms with Gasteiger partial charge in [-0.2, -0.15) is 0 Å². The van der Waals surface area contributed by atoms with Crippen molar-refractivity contribution in [3.63, 3.8) is 0 Å². The molecule has 0 aromatic carbocycles. The van der Waals surface area contributed by atoms with Crippen LogP contribution in [0.3, 0.4) is 0 Å². The number of carbonyl (C=O) groups is 1. The summed E-state index contributed by atoms with van der Waals surface area (Å²) in [6, 6.07) is 0.167. The topological polar surface area (TPSA) is 54.0 Å². The molecule has 1 amide bonds. The average molecular weight is 269 g/mol. The molecule has 1 aromatic heterocycles. The van der Waals surface area contributed by atoms with E-state index in [1.54, 1.807) is 17.5 Å². The third-order valence-electron chi connectivity index (χ3n) is 3.03. The summed E-state index contributed by atoms with van der Waals surface area (Å²) in [5.74, 6) is 0.0388. The van der Waals surface area contributed by atoms with Crippen molar-refractivity contribution in [1.82, 2.24) is 15.6 Å². The van der Waals surface area contributed by atoms with Gasteiger partial charge in [-0.15, -0.1) is 11.3 Å². The summed E-state index contributed by atoms with van der Waals surface area (Å²) in [6.07, 6.45) is 3.64. The predicted octanol–water partition coefficient (Wildman–Crippen LogP) is 2.49. The molecule has 5 heteroatoms. The molecule has 0 saturated heterocycles. The molecule has 0 saturated carbocycles. The van der Waals surface area contributed by atoms with Crippen LogP contribution in [0.2, 0.25) is 0 Å². The van der Waals surface area contributed by atoms with Crippen molar-refractivity contribution in [3.05, 3.63) is 16.6 Å². The minimum absolute atomic E-state index is 0.0388. The van der Waals surface area contributed by atoms with E-state index in [4.69, 9.17) is 0 Å². The first-order valence-electron chi connectivity index (χ1n) is 6.42. The molecule has 0 aliphatic heterocycles. The van der Waals surface area contributed by atoms with Crippen LogP contribution in [0.5, 0.6) is 0 Å². The lowest BCUT2D eigenvalue weighted by atomic mass is 10.0. The zero-order valence-electron chi connectivity index (χ0n) is 11.6. The van der Waals surface area contributed by atoms with E-state index in [0.29, 0.717) is 6.54 Å². The lowest BCUT2D eigenvalue weighted by Gasteiger charge is -2.25. The number of nitrogens with zero attached hydrogens (tertiary/aromatic N) is 1. The Morgan fingerprint density at radius 1 is 1.50 bits per heavy atom. The molecule has 0 bridgehead atoms. The van der Waals surface area contributed by atoms with Gasteiger partial charge in [-0.1, -0.05) is 13.8 Å². The van der Waals surface area contributed by atoms with Gasteiger partial charge in [-0.05, 0) is 26.7 Å². The van der Waals surface area contributed by atoms with E-state index in [1.807, 2.05) is 19.2 Å².